The lowest BCUT2D eigenvalue weighted by Crippen LogP contribution is -2.03. The molecule has 0 radical (unpaired) electrons. The Kier molecular flexibility index (Phi) is 14.8. The van der Waals surface area contributed by atoms with Gasteiger partial charge in [-0.3, -0.25) is 0 Å². The topological polar surface area (TPSA) is 17.8 Å². The molecule has 0 saturated heterocycles. The first-order chi connectivity index (χ1) is 12.4. The third-order valence-corrected chi connectivity index (χ3v) is 5.28. The molecule has 0 atom stereocenters. The molecule has 25 heavy (non-hydrogen) atoms. The Balaban J connectivity index is 1.79. The third kappa shape index (κ3) is 12.2. The van der Waals surface area contributed by atoms with Crippen LogP contribution in [0, 0.1) is 0 Å². The number of aromatic nitrogens is 2. The van der Waals surface area contributed by atoms with Crippen molar-refractivity contribution in [3.8, 4) is 0 Å². The Hall–Kier alpha value is -0.790. The molecule has 0 aliphatic carbocycles. The molecule has 0 fully saturated rings. The number of aryl methyl sites for hydroxylation is 2. The van der Waals surface area contributed by atoms with E-state index in [-0.39, 0.29) is 0 Å². The molecule has 1 aromatic heterocycles. The van der Waals surface area contributed by atoms with Gasteiger partial charge >= 0.3 is 0 Å². The van der Waals surface area contributed by atoms with Gasteiger partial charge in [0.25, 0.3) is 0 Å². The summed E-state index contributed by atoms with van der Waals surface area (Å²) in [6, 6.07) is 0. The van der Waals surface area contributed by atoms with Crippen molar-refractivity contribution in [2.24, 2.45) is 0 Å². The van der Waals surface area contributed by atoms with Gasteiger partial charge in [0, 0.05) is 25.4 Å². The van der Waals surface area contributed by atoms with E-state index in [0.29, 0.717) is 0 Å². The predicted molar refractivity (Wildman–Crippen MR) is 111 cm³/mol. The van der Waals surface area contributed by atoms with Crippen LogP contribution in [-0.2, 0) is 13.0 Å². The van der Waals surface area contributed by atoms with Crippen molar-refractivity contribution in [2.75, 3.05) is 0 Å². The minimum atomic E-state index is 1.12. The standard InChI is InChI=1S/C23H44N2/c1-3-5-6-7-8-9-10-11-12-13-14-15-16-17-18-21-25-22-20-24-23(25)19-4-2/h20,22H,3-19,21H2,1-2H3. The fraction of sp³-hybridized carbons (Fsp3) is 0.870. The van der Waals surface area contributed by atoms with Crippen molar-refractivity contribution in [3.63, 3.8) is 0 Å². The van der Waals surface area contributed by atoms with Gasteiger partial charge in [-0.15, -0.1) is 0 Å². The molecule has 1 heterocycles. The van der Waals surface area contributed by atoms with E-state index in [1.54, 1.807) is 0 Å². The van der Waals surface area contributed by atoms with Crippen LogP contribution in [0.2, 0.25) is 0 Å². The van der Waals surface area contributed by atoms with Gasteiger partial charge in [0.2, 0.25) is 0 Å². The van der Waals surface area contributed by atoms with Crippen LogP contribution in [0.5, 0.6) is 0 Å². The fourth-order valence-electron chi connectivity index (χ4n) is 3.65. The molecule has 0 bridgehead atoms. The summed E-state index contributed by atoms with van der Waals surface area (Å²) in [6.07, 6.45) is 27.9. The Labute approximate surface area is 157 Å². The normalized spacial score (nSPS) is 11.3. The number of unbranched alkanes of at least 4 members (excludes halogenated alkanes) is 14. The lowest BCUT2D eigenvalue weighted by molar-refractivity contribution is 0.518. The van der Waals surface area contributed by atoms with Gasteiger partial charge in [-0.2, -0.15) is 0 Å². The average molecular weight is 349 g/mol. The molecule has 1 aromatic rings. The first kappa shape index (κ1) is 22.3. The molecule has 0 aromatic carbocycles. The Morgan fingerprint density at radius 3 is 1.60 bits per heavy atom. The molecule has 2 nitrogen and oxygen atoms in total. The molecule has 0 aliphatic heterocycles. The van der Waals surface area contributed by atoms with Crippen molar-refractivity contribution in [2.45, 2.75) is 130 Å². The summed E-state index contributed by atoms with van der Waals surface area (Å²) in [5.41, 5.74) is 0. The number of rotatable bonds is 18. The van der Waals surface area contributed by atoms with Gasteiger partial charge in [0.15, 0.2) is 0 Å². The molecule has 0 N–H and O–H groups in total. The number of nitrogens with zero attached hydrogens (tertiary/aromatic N) is 2. The van der Waals surface area contributed by atoms with Crippen molar-refractivity contribution < 1.29 is 0 Å². The van der Waals surface area contributed by atoms with E-state index < -0.39 is 0 Å². The molecule has 0 aliphatic rings. The lowest BCUT2D eigenvalue weighted by atomic mass is 10.0. The predicted octanol–water partition coefficient (Wildman–Crippen LogP) is 7.71. The zero-order valence-electron chi connectivity index (χ0n) is 17.3. The van der Waals surface area contributed by atoms with Gasteiger partial charge in [-0.1, -0.05) is 104 Å². The second kappa shape index (κ2) is 16.7. The van der Waals surface area contributed by atoms with Crippen molar-refractivity contribution in [3.05, 3.63) is 18.2 Å². The molecule has 0 amide bonds. The third-order valence-electron chi connectivity index (χ3n) is 5.28. The average Bonchev–Trinajstić information content (AvgIpc) is 3.06. The monoisotopic (exact) mass is 348 g/mol. The summed E-state index contributed by atoms with van der Waals surface area (Å²) in [6.45, 7) is 5.68. The minimum Gasteiger partial charge on any atom is -0.335 e. The largest absolute Gasteiger partial charge is 0.335 e. The maximum absolute atomic E-state index is 4.46. The highest BCUT2D eigenvalue weighted by Gasteiger charge is 2.01. The highest BCUT2D eigenvalue weighted by Crippen LogP contribution is 2.13. The van der Waals surface area contributed by atoms with Crippen LogP contribution < -0.4 is 0 Å². The van der Waals surface area contributed by atoms with Crippen LogP contribution in [0.15, 0.2) is 12.4 Å². The van der Waals surface area contributed by atoms with E-state index >= 15 is 0 Å². The number of hydrogen-bond acceptors (Lipinski definition) is 1. The van der Waals surface area contributed by atoms with Gasteiger partial charge in [0.1, 0.15) is 5.82 Å². The Bertz CT molecular complexity index is 383. The molecular formula is C23H44N2. The zero-order valence-corrected chi connectivity index (χ0v) is 17.3. The molecule has 146 valence electrons. The summed E-state index contributed by atoms with van der Waals surface area (Å²) < 4.78 is 2.35. The van der Waals surface area contributed by atoms with E-state index in [9.17, 15) is 0 Å². The molecule has 0 saturated carbocycles. The van der Waals surface area contributed by atoms with E-state index in [4.69, 9.17) is 0 Å². The molecule has 1 rings (SSSR count). The highest BCUT2D eigenvalue weighted by molar-refractivity contribution is 4.92. The molecule has 2 heteroatoms. The SMILES string of the molecule is CCCCCCCCCCCCCCCCCn1ccnc1CCC. The van der Waals surface area contributed by atoms with Crippen LogP contribution in [0.3, 0.4) is 0 Å². The highest BCUT2D eigenvalue weighted by atomic mass is 15.1. The summed E-state index contributed by atoms with van der Waals surface area (Å²) in [4.78, 5) is 4.46. The van der Waals surface area contributed by atoms with Crippen molar-refractivity contribution >= 4 is 0 Å². The van der Waals surface area contributed by atoms with Crippen molar-refractivity contribution in [1.29, 1.82) is 0 Å². The number of imidazole rings is 1. The number of hydrogen-bond donors (Lipinski definition) is 0. The van der Waals surface area contributed by atoms with E-state index in [2.05, 4.69) is 29.6 Å². The van der Waals surface area contributed by atoms with Crippen LogP contribution in [0.4, 0.5) is 0 Å². The smallest absolute Gasteiger partial charge is 0.108 e. The minimum absolute atomic E-state index is 1.12. The van der Waals surface area contributed by atoms with Crippen LogP contribution in [0.1, 0.15) is 122 Å². The van der Waals surface area contributed by atoms with Crippen LogP contribution in [-0.4, -0.2) is 9.55 Å². The Morgan fingerprint density at radius 1 is 0.640 bits per heavy atom. The summed E-state index contributed by atoms with van der Waals surface area (Å²) >= 11 is 0. The zero-order chi connectivity index (χ0) is 18.0. The molecule has 0 spiro atoms. The quantitative estimate of drug-likeness (QED) is 0.248. The second-order valence-corrected chi connectivity index (χ2v) is 7.74. The summed E-state index contributed by atoms with van der Waals surface area (Å²) in [5.74, 6) is 1.27. The molecular weight excluding hydrogens is 304 g/mol. The lowest BCUT2D eigenvalue weighted by Gasteiger charge is -2.07. The first-order valence-electron chi connectivity index (χ1n) is 11.4. The second-order valence-electron chi connectivity index (χ2n) is 7.74. The van der Waals surface area contributed by atoms with Crippen LogP contribution >= 0.6 is 0 Å². The maximum atomic E-state index is 4.46. The summed E-state index contributed by atoms with van der Waals surface area (Å²) in [5, 5.41) is 0. The van der Waals surface area contributed by atoms with E-state index in [0.717, 1.165) is 13.0 Å². The van der Waals surface area contributed by atoms with Gasteiger partial charge < -0.3 is 4.57 Å². The first-order valence-corrected chi connectivity index (χ1v) is 11.4. The maximum Gasteiger partial charge on any atom is 0.108 e. The van der Waals surface area contributed by atoms with E-state index in [1.807, 2.05) is 6.20 Å². The Morgan fingerprint density at radius 2 is 1.12 bits per heavy atom. The van der Waals surface area contributed by atoms with E-state index in [1.165, 1.54) is 109 Å². The summed E-state index contributed by atoms with van der Waals surface area (Å²) in [7, 11) is 0. The van der Waals surface area contributed by atoms with Crippen LogP contribution in [0.25, 0.3) is 0 Å². The van der Waals surface area contributed by atoms with Gasteiger partial charge in [-0.25, -0.2) is 4.98 Å². The van der Waals surface area contributed by atoms with Gasteiger partial charge in [-0.05, 0) is 12.8 Å². The fourth-order valence-corrected chi connectivity index (χ4v) is 3.65. The molecule has 0 unspecified atom stereocenters. The van der Waals surface area contributed by atoms with Crippen molar-refractivity contribution in [1.82, 2.24) is 9.55 Å². The van der Waals surface area contributed by atoms with Gasteiger partial charge in [0.05, 0.1) is 0 Å².